The number of rotatable bonds is 3. The molecule has 3 aromatic rings. The fourth-order valence-corrected chi connectivity index (χ4v) is 3.48. The summed E-state index contributed by atoms with van der Waals surface area (Å²) in [5, 5.41) is 3.23. The number of amides is 2. The Hall–Kier alpha value is -3.11. The van der Waals surface area contributed by atoms with Crippen LogP contribution in [0.25, 0.3) is 0 Å². The molecule has 4 rings (SSSR count). The van der Waals surface area contributed by atoms with Crippen molar-refractivity contribution in [1.29, 1.82) is 0 Å². The lowest BCUT2D eigenvalue weighted by Crippen LogP contribution is -2.23. The largest absolute Gasteiger partial charge is 0.321 e. The quantitative estimate of drug-likeness (QED) is 0.694. The van der Waals surface area contributed by atoms with Gasteiger partial charge in [-0.2, -0.15) is 0 Å². The highest BCUT2D eigenvalue weighted by atomic mass is 35.5. The standard InChI is InChI=1S/C22H17ClN2O2/c1-14-6-2-4-8-17(14)21(26)24-20-11-10-16(12-19(20)23)25-13-15-7-3-5-9-18(15)22(25)27/h2-12H,13H2,1H3,(H,24,26). The van der Waals surface area contributed by atoms with E-state index in [1.165, 1.54) is 0 Å². The van der Waals surface area contributed by atoms with Gasteiger partial charge in [-0.1, -0.05) is 48.0 Å². The summed E-state index contributed by atoms with van der Waals surface area (Å²) in [5.74, 6) is -0.259. The molecule has 0 atom stereocenters. The summed E-state index contributed by atoms with van der Waals surface area (Å²) < 4.78 is 0. The Balaban J connectivity index is 1.56. The molecule has 0 unspecified atom stereocenters. The Bertz CT molecular complexity index is 1060. The van der Waals surface area contributed by atoms with Gasteiger partial charge in [0.2, 0.25) is 0 Å². The normalized spacial score (nSPS) is 12.8. The number of aryl methyl sites for hydroxylation is 1. The maximum absolute atomic E-state index is 12.6. The van der Waals surface area contributed by atoms with E-state index in [0.717, 1.165) is 11.1 Å². The number of carbonyl (C=O) groups excluding carboxylic acids is 2. The molecule has 0 saturated heterocycles. The molecule has 3 aromatic carbocycles. The van der Waals surface area contributed by atoms with Crippen LogP contribution in [0, 0.1) is 6.92 Å². The van der Waals surface area contributed by atoms with Crippen molar-refractivity contribution in [1.82, 2.24) is 0 Å². The lowest BCUT2D eigenvalue weighted by atomic mass is 10.1. The maximum Gasteiger partial charge on any atom is 0.258 e. The second kappa shape index (κ2) is 6.89. The molecule has 2 amide bonds. The van der Waals surface area contributed by atoms with E-state index in [9.17, 15) is 9.59 Å². The third-order valence-electron chi connectivity index (χ3n) is 4.72. The summed E-state index contributed by atoms with van der Waals surface area (Å²) in [6, 6.07) is 20.2. The SMILES string of the molecule is Cc1ccccc1C(=O)Nc1ccc(N2Cc3ccccc3C2=O)cc1Cl. The molecule has 0 saturated carbocycles. The summed E-state index contributed by atoms with van der Waals surface area (Å²) in [4.78, 5) is 26.8. The van der Waals surface area contributed by atoms with Crippen LogP contribution in [0.4, 0.5) is 11.4 Å². The van der Waals surface area contributed by atoms with E-state index < -0.39 is 0 Å². The first-order valence-electron chi connectivity index (χ1n) is 8.61. The van der Waals surface area contributed by atoms with Gasteiger partial charge in [0.1, 0.15) is 0 Å². The van der Waals surface area contributed by atoms with Crippen LogP contribution in [0.1, 0.15) is 31.8 Å². The first kappa shape index (κ1) is 17.3. The predicted octanol–water partition coefficient (Wildman–Crippen LogP) is 5.06. The molecule has 0 aromatic heterocycles. The van der Waals surface area contributed by atoms with Gasteiger partial charge in [0.05, 0.1) is 17.3 Å². The summed E-state index contributed by atoms with van der Waals surface area (Å²) in [6.07, 6.45) is 0. The minimum absolute atomic E-state index is 0.0432. The third kappa shape index (κ3) is 3.20. The number of carbonyl (C=O) groups is 2. The molecule has 27 heavy (non-hydrogen) atoms. The van der Waals surface area contributed by atoms with Crippen LogP contribution in [0.15, 0.2) is 66.7 Å². The third-order valence-corrected chi connectivity index (χ3v) is 5.04. The number of nitrogens with one attached hydrogen (secondary N) is 1. The van der Waals surface area contributed by atoms with Crippen molar-refractivity contribution in [2.24, 2.45) is 0 Å². The Morgan fingerprint density at radius 3 is 2.52 bits per heavy atom. The number of nitrogens with zero attached hydrogens (tertiary/aromatic N) is 1. The van der Waals surface area contributed by atoms with Crippen molar-refractivity contribution in [3.8, 4) is 0 Å². The van der Waals surface area contributed by atoms with Crippen LogP contribution >= 0.6 is 11.6 Å². The molecule has 1 N–H and O–H groups in total. The molecule has 134 valence electrons. The monoisotopic (exact) mass is 376 g/mol. The van der Waals surface area contributed by atoms with Gasteiger partial charge in [0.25, 0.3) is 11.8 Å². The van der Waals surface area contributed by atoms with Gasteiger partial charge in [0.15, 0.2) is 0 Å². The fraction of sp³-hybridized carbons (Fsp3) is 0.0909. The van der Waals surface area contributed by atoms with Crippen LogP contribution in [-0.2, 0) is 6.54 Å². The van der Waals surface area contributed by atoms with E-state index >= 15 is 0 Å². The molecule has 1 aliphatic heterocycles. The second-order valence-electron chi connectivity index (χ2n) is 6.48. The fourth-order valence-electron chi connectivity index (χ4n) is 3.25. The van der Waals surface area contributed by atoms with Crippen molar-refractivity contribution >= 4 is 34.8 Å². The van der Waals surface area contributed by atoms with Crippen LogP contribution < -0.4 is 10.2 Å². The molecule has 5 heteroatoms. The van der Waals surface area contributed by atoms with Crippen LogP contribution in [0.5, 0.6) is 0 Å². The van der Waals surface area contributed by atoms with Crippen LogP contribution in [0.2, 0.25) is 5.02 Å². The van der Waals surface area contributed by atoms with Crippen molar-refractivity contribution in [3.05, 3.63) is 94.0 Å². The van der Waals surface area contributed by atoms with Crippen molar-refractivity contribution in [2.75, 3.05) is 10.2 Å². The lowest BCUT2D eigenvalue weighted by Gasteiger charge is -2.17. The zero-order chi connectivity index (χ0) is 19.0. The average Bonchev–Trinajstić information content (AvgIpc) is 3.01. The van der Waals surface area contributed by atoms with Crippen LogP contribution in [-0.4, -0.2) is 11.8 Å². The Kier molecular flexibility index (Phi) is 4.42. The Morgan fingerprint density at radius 1 is 1.04 bits per heavy atom. The van der Waals surface area contributed by atoms with Crippen molar-refractivity contribution in [2.45, 2.75) is 13.5 Å². The number of benzene rings is 3. The number of hydrogen-bond donors (Lipinski definition) is 1. The van der Waals surface area contributed by atoms with E-state index in [4.69, 9.17) is 11.6 Å². The molecule has 1 aliphatic rings. The first-order chi connectivity index (χ1) is 13.0. The van der Waals surface area contributed by atoms with Crippen molar-refractivity contribution in [3.63, 3.8) is 0 Å². The van der Waals surface area contributed by atoms with E-state index in [1.54, 1.807) is 29.2 Å². The number of anilines is 2. The highest BCUT2D eigenvalue weighted by Crippen LogP contribution is 2.33. The minimum atomic E-state index is -0.215. The topological polar surface area (TPSA) is 49.4 Å². The van der Waals surface area contributed by atoms with Gasteiger partial charge in [-0.05, 0) is 48.4 Å². The number of hydrogen-bond acceptors (Lipinski definition) is 2. The lowest BCUT2D eigenvalue weighted by molar-refractivity contribution is 0.0994. The Labute approximate surface area is 162 Å². The predicted molar refractivity (Wildman–Crippen MR) is 108 cm³/mol. The van der Waals surface area contributed by atoms with Gasteiger partial charge < -0.3 is 10.2 Å². The van der Waals surface area contributed by atoms with E-state index in [-0.39, 0.29) is 11.8 Å². The van der Waals surface area contributed by atoms with Gasteiger partial charge in [-0.15, -0.1) is 0 Å². The smallest absolute Gasteiger partial charge is 0.258 e. The second-order valence-corrected chi connectivity index (χ2v) is 6.89. The van der Waals surface area contributed by atoms with E-state index in [2.05, 4.69) is 5.32 Å². The van der Waals surface area contributed by atoms with Gasteiger partial charge in [-0.3, -0.25) is 9.59 Å². The maximum atomic E-state index is 12.6. The highest BCUT2D eigenvalue weighted by Gasteiger charge is 2.28. The van der Waals surface area contributed by atoms with Gasteiger partial charge >= 0.3 is 0 Å². The molecule has 0 fully saturated rings. The molecule has 0 radical (unpaired) electrons. The molecular formula is C22H17ClN2O2. The average molecular weight is 377 g/mol. The highest BCUT2D eigenvalue weighted by molar-refractivity contribution is 6.34. The number of halogens is 1. The van der Waals surface area contributed by atoms with E-state index in [1.807, 2.05) is 49.4 Å². The molecule has 0 spiro atoms. The Morgan fingerprint density at radius 2 is 1.78 bits per heavy atom. The van der Waals surface area contributed by atoms with Crippen molar-refractivity contribution < 1.29 is 9.59 Å². The first-order valence-corrected chi connectivity index (χ1v) is 8.98. The minimum Gasteiger partial charge on any atom is -0.321 e. The summed E-state index contributed by atoms with van der Waals surface area (Å²) >= 11 is 6.39. The van der Waals surface area contributed by atoms with Gasteiger partial charge in [-0.25, -0.2) is 0 Å². The summed E-state index contributed by atoms with van der Waals surface area (Å²) in [7, 11) is 0. The molecular weight excluding hydrogens is 360 g/mol. The van der Waals surface area contributed by atoms with Gasteiger partial charge in [0, 0.05) is 16.8 Å². The molecule has 4 nitrogen and oxygen atoms in total. The van der Waals surface area contributed by atoms with Crippen LogP contribution in [0.3, 0.4) is 0 Å². The summed E-state index contributed by atoms with van der Waals surface area (Å²) in [5.41, 5.74) is 4.42. The molecule has 0 aliphatic carbocycles. The molecule has 0 bridgehead atoms. The zero-order valence-corrected chi connectivity index (χ0v) is 15.5. The molecule has 1 heterocycles. The summed E-state index contributed by atoms with van der Waals surface area (Å²) in [6.45, 7) is 2.40. The number of fused-ring (bicyclic) bond motifs is 1. The van der Waals surface area contributed by atoms with E-state index in [0.29, 0.717) is 34.1 Å². The zero-order valence-electron chi connectivity index (χ0n) is 14.7.